The fraction of sp³-hybridized carbons (Fsp3) is 0.696. The molecule has 2 aliphatic heterocycles. The van der Waals surface area contributed by atoms with Crippen LogP contribution in [0.3, 0.4) is 0 Å². The van der Waals surface area contributed by atoms with E-state index in [1.54, 1.807) is 12.1 Å². The predicted octanol–water partition coefficient (Wildman–Crippen LogP) is 2.63. The summed E-state index contributed by atoms with van der Waals surface area (Å²) in [7, 11) is 0. The maximum Gasteiger partial charge on any atom is 0.191 e. The first kappa shape index (κ1) is 23.0. The van der Waals surface area contributed by atoms with Gasteiger partial charge in [0.15, 0.2) is 5.96 Å². The van der Waals surface area contributed by atoms with Gasteiger partial charge in [0, 0.05) is 38.8 Å². The zero-order valence-corrected chi connectivity index (χ0v) is 18.6. The Hall–Kier alpha value is -1.70. The average Bonchev–Trinajstić information content (AvgIpc) is 2.77. The maximum atomic E-state index is 13.5. The quantitative estimate of drug-likeness (QED) is 0.501. The van der Waals surface area contributed by atoms with E-state index in [2.05, 4.69) is 34.3 Å². The van der Waals surface area contributed by atoms with Gasteiger partial charge in [-0.25, -0.2) is 4.39 Å². The lowest BCUT2D eigenvalue weighted by Crippen LogP contribution is -2.49. The third-order valence-electron chi connectivity index (χ3n) is 5.98. The largest absolute Gasteiger partial charge is 0.379 e. The third kappa shape index (κ3) is 6.93. The summed E-state index contributed by atoms with van der Waals surface area (Å²) in [5, 5.41) is 7.05. The molecule has 2 heterocycles. The van der Waals surface area contributed by atoms with Crippen LogP contribution in [0.1, 0.15) is 44.7 Å². The highest BCUT2D eigenvalue weighted by molar-refractivity contribution is 5.80. The number of aliphatic imine (C=N–C) groups is 1. The van der Waals surface area contributed by atoms with Crippen molar-refractivity contribution in [2.45, 2.75) is 45.2 Å². The lowest BCUT2D eigenvalue weighted by molar-refractivity contribution is 0.0179. The molecule has 2 fully saturated rings. The van der Waals surface area contributed by atoms with E-state index < -0.39 is 0 Å². The molecule has 0 bridgehead atoms. The highest BCUT2D eigenvalue weighted by Gasteiger charge is 2.23. The molecule has 0 aliphatic carbocycles. The maximum absolute atomic E-state index is 13.5. The molecule has 0 amide bonds. The van der Waals surface area contributed by atoms with E-state index in [4.69, 9.17) is 9.73 Å². The summed E-state index contributed by atoms with van der Waals surface area (Å²) in [5.41, 5.74) is 1.10. The summed E-state index contributed by atoms with van der Waals surface area (Å²) >= 11 is 0. The summed E-state index contributed by atoms with van der Waals surface area (Å²) in [6.45, 7) is 12.5. The van der Waals surface area contributed by atoms with Crippen molar-refractivity contribution in [1.29, 1.82) is 0 Å². The molecule has 1 aromatic rings. The van der Waals surface area contributed by atoms with Crippen LogP contribution in [-0.4, -0.2) is 80.8 Å². The molecule has 2 aliphatic rings. The molecule has 0 radical (unpaired) electrons. The fourth-order valence-electron chi connectivity index (χ4n) is 4.31. The van der Waals surface area contributed by atoms with Gasteiger partial charge in [-0.05, 0) is 50.4 Å². The van der Waals surface area contributed by atoms with Crippen molar-refractivity contribution in [3.05, 3.63) is 35.6 Å². The van der Waals surface area contributed by atoms with Crippen LogP contribution in [-0.2, 0) is 4.74 Å². The van der Waals surface area contributed by atoms with Gasteiger partial charge in [-0.3, -0.25) is 9.89 Å². The topological polar surface area (TPSA) is 52.1 Å². The molecule has 1 atom stereocenters. The Bertz CT molecular complexity index is 639. The fourth-order valence-corrected chi connectivity index (χ4v) is 4.31. The van der Waals surface area contributed by atoms with Gasteiger partial charge in [0.25, 0.3) is 0 Å². The van der Waals surface area contributed by atoms with E-state index in [1.807, 2.05) is 12.1 Å². The van der Waals surface area contributed by atoms with Crippen molar-refractivity contribution >= 4 is 5.96 Å². The van der Waals surface area contributed by atoms with E-state index in [-0.39, 0.29) is 11.9 Å². The van der Waals surface area contributed by atoms with Gasteiger partial charge < -0.3 is 20.3 Å². The highest BCUT2D eigenvalue weighted by Crippen LogP contribution is 2.23. The van der Waals surface area contributed by atoms with Gasteiger partial charge in [0.2, 0.25) is 0 Å². The van der Waals surface area contributed by atoms with Crippen molar-refractivity contribution in [3.8, 4) is 0 Å². The number of nitrogens with one attached hydrogen (secondary N) is 2. The minimum atomic E-state index is -0.201. The molecule has 168 valence electrons. The number of halogens is 1. The number of benzene rings is 1. The van der Waals surface area contributed by atoms with E-state index in [0.717, 1.165) is 70.3 Å². The first-order chi connectivity index (χ1) is 14.7. The minimum Gasteiger partial charge on any atom is -0.379 e. The van der Waals surface area contributed by atoms with Crippen LogP contribution in [0, 0.1) is 5.82 Å². The summed E-state index contributed by atoms with van der Waals surface area (Å²) in [6.07, 6.45) is 3.51. The Morgan fingerprint density at radius 1 is 1.13 bits per heavy atom. The summed E-state index contributed by atoms with van der Waals surface area (Å²) < 4.78 is 19.0. The minimum absolute atomic E-state index is 0.122. The number of nitrogens with zero attached hydrogens (tertiary/aromatic N) is 3. The first-order valence-corrected chi connectivity index (χ1v) is 11.5. The Balaban J connectivity index is 1.65. The first-order valence-electron chi connectivity index (χ1n) is 11.5. The number of piperidine rings is 1. The lowest BCUT2D eigenvalue weighted by atomic mass is 10.0. The van der Waals surface area contributed by atoms with Crippen molar-refractivity contribution in [2.24, 2.45) is 4.99 Å². The second-order valence-corrected chi connectivity index (χ2v) is 8.20. The molecule has 1 unspecified atom stereocenters. The summed E-state index contributed by atoms with van der Waals surface area (Å²) in [5.74, 6) is 0.680. The lowest BCUT2D eigenvalue weighted by Gasteiger charge is -2.35. The molecule has 6 nitrogen and oxygen atoms in total. The van der Waals surface area contributed by atoms with Crippen LogP contribution in [0.15, 0.2) is 29.3 Å². The van der Waals surface area contributed by atoms with Gasteiger partial charge in [0.05, 0.1) is 25.8 Å². The molecule has 1 aromatic carbocycles. The van der Waals surface area contributed by atoms with Gasteiger partial charge in [-0.15, -0.1) is 0 Å². The number of hydrogen-bond donors (Lipinski definition) is 2. The molecule has 30 heavy (non-hydrogen) atoms. The number of rotatable bonds is 8. The summed E-state index contributed by atoms with van der Waals surface area (Å²) in [6, 6.07) is 7.43. The number of hydrogen-bond acceptors (Lipinski definition) is 4. The molecule has 0 spiro atoms. The molecule has 0 aromatic heterocycles. The molecular weight excluding hydrogens is 381 g/mol. The Labute approximate surface area is 180 Å². The standard InChI is InChI=1S/C23H38FN5O/c1-3-11-28-12-9-21(10-13-28)27-23(25-4-2)26-18-22(29-14-16-30-17-15-29)19-5-7-20(24)8-6-19/h5-8,21-22H,3-4,9-18H2,1-2H3,(H2,25,26,27). The zero-order chi connectivity index (χ0) is 21.2. The average molecular weight is 420 g/mol. The van der Waals surface area contributed by atoms with E-state index in [9.17, 15) is 4.39 Å². The van der Waals surface area contributed by atoms with Gasteiger partial charge in [-0.2, -0.15) is 0 Å². The molecule has 3 rings (SSSR count). The van der Waals surface area contributed by atoms with Crippen LogP contribution < -0.4 is 10.6 Å². The van der Waals surface area contributed by atoms with Crippen molar-refractivity contribution in [3.63, 3.8) is 0 Å². The molecule has 2 N–H and O–H groups in total. The normalized spacial score (nSPS) is 20.8. The van der Waals surface area contributed by atoms with E-state index in [0.29, 0.717) is 12.6 Å². The Morgan fingerprint density at radius 2 is 1.83 bits per heavy atom. The van der Waals surface area contributed by atoms with Crippen LogP contribution in [0.5, 0.6) is 0 Å². The number of ether oxygens (including phenoxy) is 1. The SMILES string of the molecule is CCCN1CCC(NC(=NCC(c2ccc(F)cc2)N2CCOCC2)NCC)CC1. The zero-order valence-electron chi connectivity index (χ0n) is 18.6. The number of likely N-dealkylation sites (tertiary alicyclic amines) is 1. The molecule has 7 heteroatoms. The molecule has 2 saturated heterocycles. The highest BCUT2D eigenvalue weighted by atomic mass is 19.1. The monoisotopic (exact) mass is 419 g/mol. The van der Waals surface area contributed by atoms with Crippen LogP contribution >= 0.6 is 0 Å². The van der Waals surface area contributed by atoms with Crippen molar-refractivity contribution < 1.29 is 9.13 Å². The summed E-state index contributed by atoms with van der Waals surface area (Å²) in [4.78, 5) is 9.88. The second kappa shape index (κ2) is 12.2. The predicted molar refractivity (Wildman–Crippen MR) is 120 cm³/mol. The van der Waals surface area contributed by atoms with Crippen molar-refractivity contribution in [2.75, 3.05) is 59.0 Å². The third-order valence-corrected chi connectivity index (χ3v) is 5.98. The van der Waals surface area contributed by atoms with E-state index in [1.165, 1.54) is 13.0 Å². The Morgan fingerprint density at radius 3 is 2.47 bits per heavy atom. The molecule has 0 saturated carbocycles. The van der Waals surface area contributed by atoms with Crippen LogP contribution in [0.25, 0.3) is 0 Å². The smallest absolute Gasteiger partial charge is 0.191 e. The number of morpholine rings is 1. The van der Waals surface area contributed by atoms with Crippen LogP contribution in [0.4, 0.5) is 4.39 Å². The van der Waals surface area contributed by atoms with Crippen LogP contribution in [0.2, 0.25) is 0 Å². The Kier molecular flexibility index (Phi) is 9.36. The van der Waals surface area contributed by atoms with Crippen molar-refractivity contribution in [1.82, 2.24) is 20.4 Å². The van der Waals surface area contributed by atoms with E-state index >= 15 is 0 Å². The van der Waals surface area contributed by atoms with Gasteiger partial charge in [-0.1, -0.05) is 19.1 Å². The second-order valence-electron chi connectivity index (χ2n) is 8.20. The molecular formula is C23H38FN5O. The number of guanidine groups is 1. The van der Waals surface area contributed by atoms with Gasteiger partial charge in [0.1, 0.15) is 5.82 Å². The van der Waals surface area contributed by atoms with Gasteiger partial charge >= 0.3 is 0 Å².